The van der Waals surface area contributed by atoms with Crippen LogP contribution in [-0.4, -0.2) is 39.9 Å². The molecule has 10 heteroatoms. The first-order valence-corrected chi connectivity index (χ1v) is 16.9. The molecule has 0 saturated carbocycles. The standard InChI is InChI=1S/C42H30N10/c1-27-15-19-29(20-16-27)51-39-41(49-37(33-13-5-9-25-45-33)35(47-39)31-11-3-7-23-43-31)52(30-21-17-28(2)18-22-30)42-40(51)48-36(32-12-4-8-24-44-32)38(50-42)34-14-6-10-26-46-34/h3-26H,1-2H3. The maximum atomic E-state index is 5.44. The van der Waals surface area contributed by atoms with Crippen molar-refractivity contribution in [3.8, 4) is 45.6 Å². The Morgan fingerprint density at radius 3 is 0.827 bits per heavy atom. The van der Waals surface area contributed by atoms with E-state index in [2.05, 4.69) is 62.4 Å². The van der Waals surface area contributed by atoms with E-state index >= 15 is 0 Å². The third-order valence-electron chi connectivity index (χ3n) is 8.78. The van der Waals surface area contributed by atoms with Crippen LogP contribution in [0.4, 0.5) is 34.6 Å². The molecule has 0 aliphatic carbocycles. The molecule has 0 unspecified atom stereocenters. The second-order valence-corrected chi connectivity index (χ2v) is 12.3. The van der Waals surface area contributed by atoms with Crippen LogP contribution in [0, 0.1) is 13.8 Å². The number of benzene rings is 2. The summed E-state index contributed by atoms with van der Waals surface area (Å²) >= 11 is 0. The van der Waals surface area contributed by atoms with Gasteiger partial charge in [-0.25, -0.2) is 19.9 Å². The van der Waals surface area contributed by atoms with Gasteiger partial charge in [-0.3, -0.25) is 29.7 Å². The van der Waals surface area contributed by atoms with E-state index in [0.717, 1.165) is 22.5 Å². The third kappa shape index (κ3) is 5.48. The summed E-state index contributed by atoms with van der Waals surface area (Å²) < 4.78 is 0. The molecule has 0 amide bonds. The predicted molar refractivity (Wildman–Crippen MR) is 203 cm³/mol. The Labute approximate surface area is 300 Å². The van der Waals surface area contributed by atoms with Gasteiger partial charge in [0.15, 0.2) is 23.3 Å². The highest BCUT2D eigenvalue weighted by Gasteiger charge is 2.38. The number of nitrogens with zero attached hydrogens (tertiary/aromatic N) is 10. The quantitative estimate of drug-likeness (QED) is 0.169. The van der Waals surface area contributed by atoms with Crippen molar-refractivity contribution in [1.82, 2.24) is 39.9 Å². The number of rotatable bonds is 6. The molecule has 0 fully saturated rings. The zero-order valence-electron chi connectivity index (χ0n) is 28.3. The van der Waals surface area contributed by atoms with Crippen molar-refractivity contribution in [2.24, 2.45) is 0 Å². The molecule has 0 spiro atoms. The maximum Gasteiger partial charge on any atom is 0.183 e. The molecule has 52 heavy (non-hydrogen) atoms. The number of pyridine rings is 4. The lowest BCUT2D eigenvalue weighted by Gasteiger charge is -2.37. The van der Waals surface area contributed by atoms with Crippen molar-refractivity contribution in [3.63, 3.8) is 0 Å². The van der Waals surface area contributed by atoms with E-state index < -0.39 is 0 Å². The van der Waals surface area contributed by atoms with Gasteiger partial charge < -0.3 is 0 Å². The number of hydrogen-bond acceptors (Lipinski definition) is 10. The summed E-state index contributed by atoms with van der Waals surface area (Å²) in [4.78, 5) is 44.7. The Bertz CT molecular complexity index is 2200. The van der Waals surface area contributed by atoms with Crippen LogP contribution in [0.3, 0.4) is 0 Å². The SMILES string of the molecule is Cc1ccc(N2c3nc(-c4ccccn4)c(-c4ccccn4)nc3N(c3ccc(C)cc3)c3nc(-c4ccccn4)c(-c4ccccn4)nc32)cc1. The molecule has 0 bridgehead atoms. The van der Waals surface area contributed by atoms with Gasteiger partial charge in [-0.2, -0.15) is 0 Å². The van der Waals surface area contributed by atoms with E-state index in [9.17, 15) is 0 Å². The van der Waals surface area contributed by atoms with Crippen LogP contribution in [0.25, 0.3) is 45.6 Å². The molecule has 7 heterocycles. The molecule has 0 atom stereocenters. The summed E-state index contributed by atoms with van der Waals surface area (Å²) in [6.45, 7) is 4.13. The Morgan fingerprint density at radius 2 is 0.596 bits per heavy atom. The molecule has 0 saturated heterocycles. The minimum Gasteiger partial charge on any atom is -0.273 e. The Balaban J connectivity index is 1.42. The smallest absolute Gasteiger partial charge is 0.183 e. The number of anilines is 6. The van der Waals surface area contributed by atoms with E-state index in [1.165, 1.54) is 0 Å². The van der Waals surface area contributed by atoms with Crippen molar-refractivity contribution in [2.75, 3.05) is 9.80 Å². The monoisotopic (exact) mass is 674 g/mol. The van der Waals surface area contributed by atoms with Crippen LogP contribution in [0.15, 0.2) is 146 Å². The number of aryl methyl sites for hydroxylation is 2. The second kappa shape index (κ2) is 12.9. The predicted octanol–water partition coefficient (Wildman–Crippen LogP) is 9.38. The Morgan fingerprint density at radius 1 is 0.327 bits per heavy atom. The number of aromatic nitrogens is 8. The van der Waals surface area contributed by atoms with Crippen LogP contribution < -0.4 is 9.80 Å². The van der Waals surface area contributed by atoms with Gasteiger partial charge in [0.25, 0.3) is 0 Å². The molecular weight excluding hydrogens is 645 g/mol. The summed E-state index contributed by atoms with van der Waals surface area (Å²) in [5.74, 6) is 2.24. The molecular formula is C42H30N10. The first kappa shape index (κ1) is 30.8. The second-order valence-electron chi connectivity index (χ2n) is 12.3. The summed E-state index contributed by atoms with van der Waals surface area (Å²) in [6, 6.07) is 39.6. The maximum absolute atomic E-state index is 5.44. The average Bonchev–Trinajstić information content (AvgIpc) is 3.21. The summed E-state index contributed by atoms with van der Waals surface area (Å²) in [7, 11) is 0. The topological polar surface area (TPSA) is 110 Å². The first-order chi connectivity index (χ1) is 25.6. The van der Waals surface area contributed by atoms with Gasteiger partial charge in [-0.1, -0.05) is 59.7 Å². The molecule has 9 rings (SSSR count). The van der Waals surface area contributed by atoms with Crippen molar-refractivity contribution < 1.29 is 0 Å². The molecule has 8 aromatic rings. The first-order valence-electron chi connectivity index (χ1n) is 16.9. The van der Waals surface area contributed by atoms with Gasteiger partial charge in [0, 0.05) is 36.2 Å². The molecule has 0 radical (unpaired) electrons. The highest BCUT2D eigenvalue weighted by Crippen LogP contribution is 2.53. The van der Waals surface area contributed by atoms with E-state index in [1.54, 1.807) is 24.8 Å². The van der Waals surface area contributed by atoms with E-state index in [-0.39, 0.29) is 0 Å². The van der Waals surface area contributed by atoms with E-state index in [1.807, 2.05) is 82.6 Å². The Hall–Kier alpha value is -7.20. The summed E-state index contributed by atoms with van der Waals surface area (Å²) in [5.41, 5.74) is 8.96. The van der Waals surface area contributed by atoms with Gasteiger partial charge in [0.2, 0.25) is 0 Å². The van der Waals surface area contributed by atoms with Crippen LogP contribution in [-0.2, 0) is 0 Å². The largest absolute Gasteiger partial charge is 0.273 e. The van der Waals surface area contributed by atoms with Crippen LogP contribution in [0.1, 0.15) is 11.1 Å². The minimum atomic E-state index is 0.559. The van der Waals surface area contributed by atoms with E-state index in [4.69, 9.17) is 39.9 Å². The average molecular weight is 675 g/mol. The molecule has 2 aromatic carbocycles. The van der Waals surface area contributed by atoms with Crippen molar-refractivity contribution >= 4 is 34.6 Å². The van der Waals surface area contributed by atoms with Crippen molar-refractivity contribution in [3.05, 3.63) is 157 Å². The van der Waals surface area contributed by atoms with E-state index in [0.29, 0.717) is 68.8 Å². The molecule has 248 valence electrons. The third-order valence-corrected chi connectivity index (χ3v) is 8.78. The lowest BCUT2D eigenvalue weighted by molar-refractivity contribution is 0.988. The molecule has 1 aliphatic heterocycles. The van der Waals surface area contributed by atoms with Crippen molar-refractivity contribution in [1.29, 1.82) is 0 Å². The van der Waals surface area contributed by atoms with Crippen LogP contribution >= 0.6 is 0 Å². The normalized spacial score (nSPS) is 12.0. The Kier molecular flexibility index (Phi) is 7.66. The lowest BCUT2D eigenvalue weighted by atomic mass is 10.1. The van der Waals surface area contributed by atoms with Crippen LogP contribution in [0.2, 0.25) is 0 Å². The zero-order valence-corrected chi connectivity index (χ0v) is 28.3. The fourth-order valence-electron chi connectivity index (χ4n) is 6.24. The van der Waals surface area contributed by atoms with Gasteiger partial charge >= 0.3 is 0 Å². The highest BCUT2D eigenvalue weighted by atomic mass is 15.4. The fraction of sp³-hybridized carbons (Fsp3) is 0.0476. The number of fused-ring (bicyclic) bond motifs is 2. The fourth-order valence-corrected chi connectivity index (χ4v) is 6.24. The van der Waals surface area contributed by atoms with Gasteiger partial charge in [-0.15, -0.1) is 0 Å². The lowest BCUT2D eigenvalue weighted by Crippen LogP contribution is -2.29. The molecule has 10 nitrogen and oxygen atoms in total. The van der Waals surface area contributed by atoms with Gasteiger partial charge in [-0.05, 0) is 86.6 Å². The summed E-state index contributed by atoms with van der Waals surface area (Å²) in [6.07, 6.45) is 7.03. The van der Waals surface area contributed by atoms with Crippen LogP contribution in [0.5, 0.6) is 0 Å². The molecule has 1 aliphatic rings. The number of hydrogen-bond donors (Lipinski definition) is 0. The van der Waals surface area contributed by atoms with Gasteiger partial charge in [0.1, 0.15) is 22.8 Å². The zero-order chi connectivity index (χ0) is 35.0. The van der Waals surface area contributed by atoms with Crippen molar-refractivity contribution in [2.45, 2.75) is 13.8 Å². The van der Waals surface area contributed by atoms with Gasteiger partial charge in [0.05, 0.1) is 22.8 Å². The minimum absolute atomic E-state index is 0.559. The highest BCUT2D eigenvalue weighted by molar-refractivity contribution is 5.99. The molecule has 6 aromatic heterocycles. The molecule has 0 N–H and O–H groups in total. The summed E-state index contributed by atoms with van der Waals surface area (Å²) in [5, 5.41) is 0.